The molecule has 1 aromatic carbocycles. The Balaban J connectivity index is 1.90. The summed E-state index contributed by atoms with van der Waals surface area (Å²) < 4.78 is 38.6. The molecule has 0 radical (unpaired) electrons. The second-order valence-electron chi connectivity index (χ2n) is 4.99. The summed E-state index contributed by atoms with van der Waals surface area (Å²) in [6.45, 7) is 3.13. The van der Waals surface area contributed by atoms with E-state index in [0.717, 1.165) is 37.7 Å². The van der Waals surface area contributed by atoms with Crippen molar-refractivity contribution in [1.29, 1.82) is 0 Å². The zero-order chi connectivity index (χ0) is 13.5. The minimum Gasteiger partial charge on any atom is -0.360 e. The molecule has 1 N–H and O–H groups in total. The first kappa shape index (κ1) is 12.5. The number of halogens is 3. The van der Waals surface area contributed by atoms with Crippen molar-refractivity contribution in [2.45, 2.75) is 19.0 Å². The van der Waals surface area contributed by atoms with Gasteiger partial charge in [0, 0.05) is 18.1 Å². The average molecular weight is 268 g/mol. The fourth-order valence-corrected chi connectivity index (χ4v) is 2.54. The number of likely N-dealkylation sites (tertiary alicyclic amines) is 1. The number of alkyl halides is 3. The third kappa shape index (κ3) is 2.34. The zero-order valence-corrected chi connectivity index (χ0v) is 10.4. The fourth-order valence-electron chi connectivity index (χ4n) is 2.54. The highest BCUT2D eigenvalue weighted by atomic mass is 19.4. The van der Waals surface area contributed by atoms with Gasteiger partial charge in [-0.05, 0) is 37.6 Å². The lowest BCUT2D eigenvalue weighted by atomic mass is 10.1. The van der Waals surface area contributed by atoms with Crippen LogP contribution >= 0.6 is 0 Å². The second-order valence-corrected chi connectivity index (χ2v) is 4.99. The molecule has 0 saturated carbocycles. The van der Waals surface area contributed by atoms with Crippen molar-refractivity contribution >= 4 is 10.9 Å². The van der Waals surface area contributed by atoms with E-state index in [4.69, 9.17) is 0 Å². The van der Waals surface area contributed by atoms with Gasteiger partial charge in [0.1, 0.15) is 0 Å². The molecule has 0 unspecified atom stereocenters. The number of aromatic nitrogens is 1. The normalized spacial score (nSPS) is 16.8. The molecule has 1 aromatic heterocycles. The van der Waals surface area contributed by atoms with Crippen molar-refractivity contribution in [3.63, 3.8) is 0 Å². The summed E-state index contributed by atoms with van der Waals surface area (Å²) in [6.07, 6.45) is -0.577. The van der Waals surface area contributed by atoms with Crippen LogP contribution in [0.5, 0.6) is 0 Å². The van der Waals surface area contributed by atoms with Gasteiger partial charge in [-0.3, -0.25) is 0 Å². The van der Waals surface area contributed by atoms with Gasteiger partial charge in [-0.1, -0.05) is 12.1 Å². The van der Waals surface area contributed by atoms with E-state index < -0.39 is 11.7 Å². The van der Waals surface area contributed by atoms with Crippen molar-refractivity contribution in [3.8, 4) is 0 Å². The molecule has 0 aliphatic carbocycles. The van der Waals surface area contributed by atoms with Gasteiger partial charge in [0.05, 0.1) is 11.1 Å². The van der Waals surface area contributed by atoms with E-state index in [-0.39, 0.29) is 5.52 Å². The smallest absolute Gasteiger partial charge is 0.360 e. The van der Waals surface area contributed by atoms with Crippen LogP contribution < -0.4 is 0 Å². The maximum absolute atomic E-state index is 12.9. The summed E-state index contributed by atoms with van der Waals surface area (Å²) in [5.74, 6) is 0. The van der Waals surface area contributed by atoms with Crippen molar-refractivity contribution in [2.75, 3.05) is 19.6 Å². The maximum atomic E-state index is 12.9. The average Bonchev–Trinajstić information content (AvgIpc) is 2.69. The van der Waals surface area contributed by atoms with E-state index in [1.54, 1.807) is 12.3 Å². The van der Waals surface area contributed by atoms with E-state index in [2.05, 4.69) is 9.88 Å². The van der Waals surface area contributed by atoms with Crippen LogP contribution in [0.3, 0.4) is 0 Å². The van der Waals surface area contributed by atoms with E-state index in [1.807, 2.05) is 0 Å². The predicted octanol–water partition coefficient (Wildman–Crippen LogP) is 3.43. The first-order valence-electron chi connectivity index (χ1n) is 6.44. The Labute approximate surface area is 109 Å². The highest BCUT2D eigenvalue weighted by molar-refractivity contribution is 5.86. The number of hydrogen-bond acceptors (Lipinski definition) is 1. The van der Waals surface area contributed by atoms with Crippen molar-refractivity contribution in [2.24, 2.45) is 0 Å². The van der Waals surface area contributed by atoms with Crippen LogP contribution in [-0.4, -0.2) is 29.5 Å². The predicted molar refractivity (Wildman–Crippen MR) is 68.1 cm³/mol. The standard InChI is InChI=1S/C14H15F3N2/c15-14(16,17)12-4-1-3-11-10(9-18-13(11)12)5-8-19-6-2-7-19/h1,3-4,9,18H,2,5-8H2. The van der Waals surface area contributed by atoms with Crippen molar-refractivity contribution < 1.29 is 13.2 Å². The SMILES string of the molecule is FC(F)(F)c1cccc2c(CCN3CCC3)c[nH]c12. The Kier molecular flexibility index (Phi) is 3.01. The Morgan fingerprint density at radius 3 is 2.63 bits per heavy atom. The monoisotopic (exact) mass is 268 g/mol. The number of hydrogen-bond donors (Lipinski definition) is 1. The largest absolute Gasteiger partial charge is 0.418 e. The fraction of sp³-hybridized carbons (Fsp3) is 0.429. The molecule has 1 fully saturated rings. The number of nitrogens with zero attached hydrogens (tertiary/aromatic N) is 1. The molecule has 2 aromatic rings. The third-order valence-electron chi connectivity index (χ3n) is 3.75. The molecular formula is C14H15F3N2. The number of benzene rings is 1. The number of para-hydroxylation sites is 1. The van der Waals surface area contributed by atoms with Crippen LogP contribution in [-0.2, 0) is 12.6 Å². The van der Waals surface area contributed by atoms with E-state index in [9.17, 15) is 13.2 Å². The molecule has 0 amide bonds. The molecule has 1 saturated heterocycles. The molecule has 3 rings (SSSR count). The van der Waals surface area contributed by atoms with Crippen LogP contribution in [0.4, 0.5) is 13.2 Å². The molecule has 102 valence electrons. The van der Waals surface area contributed by atoms with Gasteiger partial charge in [0.2, 0.25) is 0 Å². The summed E-state index contributed by atoms with van der Waals surface area (Å²) in [7, 11) is 0. The summed E-state index contributed by atoms with van der Waals surface area (Å²) in [4.78, 5) is 5.10. The topological polar surface area (TPSA) is 19.0 Å². The van der Waals surface area contributed by atoms with Gasteiger partial charge < -0.3 is 9.88 Å². The van der Waals surface area contributed by atoms with E-state index in [0.29, 0.717) is 5.39 Å². The number of fused-ring (bicyclic) bond motifs is 1. The van der Waals surface area contributed by atoms with Gasteiger partial charge in [0.15, 0.2) is 0 Å². The van der Waals surface area contributed by atoms with Gasteiger partial charge in [0.25, 0.3) is 0 Å². The maximum Gasteiger partial charge on any atom is 0.418 e. The summed E-state index contributed by atoms with van der Waals surface area (Å²) in [6, 6.07) is 4.36. The first-order valence-corrected chi connectivity index (χ1v) is 6.44. The van der Waals surface area contributed by atoms with Gasteiger partial charge in [-0.2, -0.15) is 13.2 Å². The second kappa shape index (κ2) is 4.56. The summed E-state index contributed by atoms with van der Waals surface area (Å²) in [5.41, 5.74) is 0.585. The highest BCUT2D eigenvalue weighted by Gasteiger charge is 2.33. The Morgan fingerprint density at radius 1 is 1.21 bits per heavy atom. The first-order chi connectivity index (χ1) is 9.05. The minimum atomic E-state index is -4.31. The Hall–Kier alpha value is -1.49. The third-order valence-corrected chi connectivity index (χ3v) is 3.75. The molecule has 0 spiro atoms. The lowest BCUT2D eigenvalue weighted by Gasteiger charge is -2.30. The van der Waals surface area contributed by atoms with Crippen LogP contribution in [0.25, 0.3) is 10.9 Å². The van der Waals surface area contributed by atoms with Gasteiger partial charge >= 0.3 is 6.18 Å². The molecule has 5 heteroatoms. The van der Waals surface area contributed by atoms with E-state index >= 15 is 0 Å². The molecular weight excluding hydrogens is 253 g/mol. The lowest BCUT2D eigenvalue weighted by molar-refractivity contribution is -0.136. The van der Waals surface area contributed by atoms with Crippen LogP contribution in [0.1, 0.15) is 17.5 Å². The van der Waals surface area contributed by atoms with Gasteiger partial charge in [-0.15, -0.1) is 0 Å². The molecule has 19 heavy (non-hydrogen) atoms. The molecule has 1 aliphatic heterocycles. The molecule has 2 heterocycles. The van der Waals surface area contributed by atoms with E-state index in [1.165, 1.54) is 12.5 Å². The zero-order valence-electron chi connectivity index (χ0n) is 10.4. The summed E-state index contributed by atoms with van der Waals surface area (Å²) >= 11 is 0. The van der Waals surface area contributed by atoms with Crippen LogP contribution in [0, 0.1) is 0 Å². The van der Waals surface area contributed by atoms with Gasteiger partial charge in [-0.25, -0.2) is 0 Å². The van der Waals surface area contributed by atoms with Crippen LogP contribution in [0.15, 0.2) is 24.4 Å². The molecule has 2 nitrogen and oxygen atoms in total. The highest BCUT2D eigenvalue weighted by Crippen LogP contribution is 2.35. The number of rotatable bonds is 3. The number of H-pyrrole nitrogens is 1. The number of nitrogens with one attached hydrogen (secondary N) is 1. The molecule has 1 aliphatic rings. The van der Waals surface area contributed by atoms with Crippen LogP contribution in [0.2, 0.25) is 0 Å². The number of aromatic amines is 1. The minimum absolute atomic E-state index is 0.202. The molecule has 0 bridgehead atoms. The Morgan fingerprint density at radius 2 is 2.00 bits per heavy atom. The summed E-state index contributed by atoms with van der Waals surface area (Å²) in [5, 5.41) is 0.690. The quantitative estimate of drug-likeness (QED) is 0.903. The lowest BCUT2D eigenvalue weighted by Crippen LogP contribution is -2.38. The van der Waals surface area contributed by atoms with Crippen molar-refractivity contribution in [1.82, 2.24) is 9.88 Å². The molecule has 0 atom stereocenters. The Bertz CT molecular complexity index is 582. The van der Waals surface area contributed by atoms with Crippen molar-refractivity contribution in [3.05, 3.63) is 35.5 Å².